The second kappa shape index (κ2) is 10.2. The molecule has 0 fully saturated rings. The number of unbranched alkanes of at least 4 members (excludes halogenated alkanes) is 1. The quantitative estimate of drug-likeness (QED) is 0.371. The molecule has 1 aliphatic rings. The summed E-state index contributed by atoms with van der Waals surface area (Å²) < 4.78 is 13.6. The molecule has 0 saturated carbocycles. The molecule has 2 heterocycles. The highest BCUT2D eigenvalue weighted by Crippen LogP contribution is 2.49. The Morgan fingerprint density at radius 1 is 1.00 bits per heavy atom. The highest BCUT2D eigenvalue weighted by molar-refractivity contribution is 6.78. The molecule has 0 N–H and O–H groups in total. The lowest BCUT2D eigenvalue weighted by molar-refractivity contribution is 0.272. The number of ether oxygens (including phenoxy) is 1. The van der Waals surface area contributed by atoms with Crippen molar-refractivity contribution in [3.05, 3.63) is 41.6 Å². The number of hydrogen-bond acceptors (Lipinski definition) is 3. The topological polar surface area (TPSA) is 31.4 Å². The van der Waals surface area contributed by atoms with Crippen LogP contribution in [0.5, 0.6) is 11.5 Å². The first kappa shape index (κ1) is 23.8. The van der Waals surface area contributed by atoms with Gasteiger partial charge in [0, 0.05) is 11.1 Å². The van der Waals surface area contributed by atoms with E-state index < -0.39 is 8.32 Å². The molecule has 0 spiro atoms. The molecule has 3 nitrogen and oxygen atoms in total. The van der Waals surface area contributed by atoms with Crippen LogP contribution in [0, 0.1) is 0 Å². The molecular formula is C27H41NO2Si. The molecule has 0 atom stereocenters. The number of fused-ring (bicyclic) bond motifs is 1. The molecule has 0 aliphatic carbocycles. The Hall–Kier alpha value is -1.81. The lowest BCUT2D eigenvalue weighted by atomic mass is 9.98. The van der Waals surface area contributed by atoms with Crippen LogP contribution in [0.3, 0.4) is 0 Å². The Bertz CT molecular complexity index is 840. The summed E-state index contributed by atoms with van der Waals surface area (Å²) in [5.41, 5.74) is 6.12. The number of nitrogens with zero attached hydrogens (tertiary/aromatic N) is 1. The average Bonchev–Trinajstić information content (AvgIpc) is 2.75. The van der Waals surface area contributed by atoms with Gasteiger partial charge in [0.05, 0.1) is 18.0 Å². The van der Waals surface area contributed by atoms with Crippen molar-refractivity contribution in [2.45, 2.75) is 97.2 Å². The fourth-order valence-electron chi connectivity index (χ4n) is 5.42. The predicted octanol–water partition coefficient (Wildman–Crippen LogP) is 7.97. The third kappa shape index (κ3) is 4.69. The molecule has 4 heteroatoms. The number of rotatable bonds is 9. The van der Waals surface area contributed by atoms with Gasteiger partial charge in [-0.3, -0.25) is 0 Å². The van der Waals surface area contributed by atoms with Crippen LogP contribution in [0.4, 0.5) is 0 Å². The van der Waals surface area contributed by atoms with Crippen molar-refractivity contribution < 1.29 is 9.16 Å². The van der Waals surface area contributed by atoms with Gasteiger partial charge in [0.2, 0.25) is 0 Å². The van der Waals surface area contributed by atoms with Crippen LogP contribution in [0.15, 0.2) is 30.3 Å². The largest absolute Gasteiger partial charge is 0.540 e. The molecule has 31 heavy (non-hydrogen) atoms. The van der Waals surface area contributed by atoms with Gasteiger partial charge in [0.15, 0.2) is 11.5 Å². The van der Waals surface area contributed by atoms with Crippen LogP contribution in [0.25, 0.3) is 11.3 Å². The summed E-state index contributed by atoms with van der Waals surface area (Å²) in [5.74, 6) is 1.94. The zero-order chi connectivity index (χ0) is 22.6. The van der Waals surface area contributed by atoms with Crippen molar-refractivity contribution in [3.63, 3.8) is 0 Å². The highest BCUT2D eigenvalue weighted by atomic mass is 28.4. The van der Waals surface area contributed by atoms with Crippen LogP contribution in [0.2, 0.25) is 16.6 Å². The van der Waals surface area contributed by atoms with Crippen molar-refractivity contribution in [1.29, 1.82) is 0 Å². The third-order valence-electron chi connectivity index (χ3n) is 6.89. The van der Waals surface area contributed by atoms with E-state index in [9.17, 15) is 0 Å². The maximum absolute atomic E-state index is 7.35. The van der Waals surface area contributed by atoms with Crippen LogP contribution < -0.4 is 9.16 Å². The van der Waals surface area contributed by atoms with E-state index in [4.69, 9.17) is 14.1 Å². The average molecular weight is 440 g/mol. The first-order chi connectivity index (χ1) is 14.8. The summed E-state index contributed by atoms with van der Waals surface area (Å²) in [6, 6.07) is 10.6. The molecule has 2 aromatic rings. The Morgan fingerprint density at radius 2 is 1.65 bits per heavy atom. The molecule has 3 rings (SSSR count). The Labute approximate surface area is 190 Å². The van der Waals surface area contributed by atoms with E-state index in [0.717, 1.165) is 61.6 Å². The predicted molar refractivity (Wildman–Crippen MR) is 134 cm³/mol. The van der Waals surface area contributed by atoms with Crippen LogP contribution in [-0.4, -0.2) is 19.9 Å². The van der Waals surface area contributed by atoms with E-state index in [1.54, 1.807) is 0 Å². The lowest BCUT2D eigenvalue weighted by Gasteiger charge is -2.43. The molecule has 1 aromatic carbocycles. The van der Waals surface area contributed by atoms with Crippen molar-refractivity contribution in [3.8, 4) is 22.8 Å². The van der Waals surface area contributed by atoms with Gasteiger partial charge in [-0.1, -0.05) is 85.2 Å². The first-order valence-electron chi connectivity index (χ1n) is 12.3. The number of hydrogen-bond donors (Lipinski definition) is 0. The highest BCUT2D eigenvalue weighted by Gasteiger charge is 2.48. The minimum atomic E-state index is -2.13. The van der Waals surface area contributed by atoms with Gasteiger partial charge in [0.25, 0.3) is 8.32 Å². The van der Waals surface area contributed by atoms with Crippen LogP contribution >= 0.6 is 0 Å². The Kier molecular flexibility index (Phi) is 7.85. The SMILES string of the molecule is CCCCc1c(-c2ccccc2)nc2c(c1O[Si](C(C)C)(C(C)C)C(C)C)OCCC2. The summed E-state index contributed by atoms with van der Waals surface area (Å²) in [6.45, 7) is 17.1. The maximum Gasteiger partial charge on any atom is 0.258 e. The second-order valence-corrected chi connectivity index (χ2v) is 15.3. The second-order valence-electron chi connectivity index (χ2n) is 9.89. The monoisotopic (exact) mass is 439 g/mol. The van der Waals surface area contributed by atoms with Gasteiger partial charge in [-0.15, -0.1) is 0 Å². The zero-order valence-corrected chi connectivity index (χ0v) is 21.6. The van der Waals surface area contributed by atoms with E-state index in [1.807, 2.05) is 0 Å². The van der Waals surface area contributed by atoms with E-state index in [2.05, 4.69) is 78.8 Å². The third-order valence-corrected chi connectivity index (χ3v) is 12.9. The normalized spacial score (nSPS) is 14.1. The smallest absolute Gasteiger partial charge is 0.258 e. The van der Waals surface area contributed by atoms with Crippen molar-refractivity contribution in [2.75, 3.05) is 6.61 Å². The molecule has 1 aliphatic heterocycles. The van der Waals surface area contributed by atoms with E-state index in [-0.39, 0.29) is 0 Å². The fraction of sp³-hybridized carbons (Fsp3) is 0.593. The molecule has 0 amide bonds. The van der Waals surface area contributed by atoms with Crippen LogP contribution in [0.1, 0.15) is 79.0 Å². The van der Waals surface area contributed by atoms with Gasteiger partial charge < -0.3 is 9.16 Å². The molecule has 0 radical (unpaired) electrons. The summed E-state index contributed by atoms with van der Waals surface area (Å²) in [4.78, 5) is 5.17. The van der Waals surface area contributed by atoms with Gasteiger partial charge in [0.1, 0.15) is 0 Å². The van der Waals surface area contributed by atoms with Gasteiger partial charge in [-0.2, -0.15) is 0 Å². The molecule has 0 bridgehead atoms. The standard InChI is InChI=1S/C27H41NO2Si/c1-8-9-16-23-25(22-14-11-10-12-15-22)28-24-17-13-18-29-27(24)26(23)30-31(19(2)3,20(4)5)21(6)7/h10-12,14-15,19-21H,8-9,13,16-18H2,1-7H3. The zero-order valence-electron chi connectivity index (χ0n) is 20.6. The van der Waals surface area contributed by atoms with Crippen molar-refractivity contribution in [1.82, 2.24) is 4.98 Å². The Morgan fingerprint density at radius 3 is 2.23 bits per heavy atom. The number of pyridine rings is 1. The first-order valence-corrected chi connectivity index (χ1v) is 14.4. The van der Waals surface area contributed by atoms with Crippen molar-refractivity contribution in [2.24, 2.45) is 0 Å². The van der Waals surface area contributed by atoms with Gasteiger partial charge in [-0.25, -0.2) is 4.98 Å². The van der Waals surface area contributed by atoms with Crippen LogP contribution in [-0.2, 0) is 12.8 Å². The van der Waals surface area contributed by atoms with Gasteiger partial charge in [-0.05, 0) is 42.3 Å². The fourth-order valence-corrected chi connectivity index (χ4v) is 10.7. The molecule has 1 aromatic heterocycles. The van der Waals surface area contributed by atoms with Gasteiger partial charge >= 0.3 is 0 Å². The van der Waals surface area contributed by atoms with E-state index in [1.165, 1.54) is 11.1 Å². The molecule has 0 saturated heterocycles. The Balaban J connectivity index is 2.28. The van der Waals surface area contributed by atoms with Crippen molar-refractivity contribution >= 4 is 8.32 Å². The summed E-state index contributed by atoms with van der Waals surface area (Å²) >= 11 is 0. The summed E-state index contributed by atoms with van der Waals surface area (Å²) in [6.07, 6.45) is 5.21. The summed E-state index contributed by atoms with van der Waals surface area (Å²) in [5, 5.41) is 0. The number of aryl methyl sites for hydroxylation is 1. The van der Waals surface area contributed by atoms with E-state index in [0.29, 0.717) is 16.6 Å². The molecule has 170 valence electrons. The summed E-state index contributed by atoms with van der Waals surface area (Å²) in [7, 11) is -2.13. The minimum Gasteiger partial charge on any atom is -0.540 e. The minimum absolute atomic E-state index is 0.513. The number of benzene rings is 1. The number of aromatic nitrogens is 1. The molecule has 0 unspecified atom stereocenters. The lowest BCUT2D eigenvalue weighted by Crippen LogP contribution is -2.51. The maximum atomic E-state index is 7.35. The van der Waals surface area contributed by atoms with E-state index >= 15 is 0 Å². The molecular weight excluding hydrogens is 398 g/mol.